The Labute approximate surface area is 115 Å². The molecule has 0 aliphatic rings. The van der Waals surface area contributed by atoms with E-state index in [0.717, 1.165) is 27.4 Å². The van der Waals surface area contributed by atoms with Crippen LogP contribution in [0.15, 0.2) is 42.2 Å². The second kappa shape index (κ2) is 4.78. The van der Waals surface area contributed by atoms with Crippen LogP contribution in [0.2, 0.25) is 0 Å². The number of hydrogen-bond acceptors (Lipinski definition) is 5. The van der Waals surface area contributed by atoms with Crippen molar-refractivity contribution in [2.45, 2.75) is 6.92 Å². The minimum atomic E-state index is 0.428. The van der Waals surface area contributed by atoms with Crippen molar-refractivity contribution in [3.8, 4) is 21.8 Å². The van der Waals surface area contributed by atoms with Gasteiger partial charge in [-0.15, -0.1) is 11.3 Å². The van der Waals surface area contributed by atoms with Crippen LogP contribution in [0.4, 0.5) is 5.82 Å². The number of hydrogen-bond donors (Lipinski definition) is 1. The van der Waals surface area contributed by atoms with Crippen LogP contribution >= 0.6 is 11.3 Å². The number of anilines is 1. The number of nitrogen functional groups attached to an aromatic ring is 1. The molecule has 94 valence electrons. The van der Waals surface area contributed by atoms with Crippen molar-refractivity contribution in [1.82, 2.24) is 15.0 Å². The van der Waals surface area contributed by atoms with Gasteiger partial charge in [0.2, 0.25) is 0 Å². The van der Waals surface area contributed by atoms with Gasteiger partial charge in [-0.1, -0.05) is 12.1 Å². The third-order valence-electron chi connectivity index (χ3n) is 2.86. The van der Waals surface area contributed by atoms with Gasteiger partial charge in [0.15, 0.2) is 0 Å². The lowest BCUT2D eigenvalue weighted by Gasteiger charge is -2.07. The van der Waals surface area contributed by atoms with E-state index in [4.69, 9.17) is 5.73 Å². The normalized spacial score (nSPS) is 10.6. The topological polar surface area (TPSA) is 64.7 Å². The summed E-state index contributed by atoms with van der Waals surface area (Å²) in [6.07, 6.45) is 5.08. The predicted octanol–water partition coefficient (Wildman–Crippen LogP) is 3.16. The highest BCUT2D eigenvalue weighted by atomic mass is 32.1. The van der Waals surface area contributed by atoms with E-state index >= 15 is 0 Å². The van der Waals surface area contributed by atoms with Gasteiger partial charge in [0, 0.05) is 22.7 Å². The minimum absolute atomic E-state index is 0.428. The SMILES string of the molecule is Cc1ccc(-c2nccs2)cc1-c1cnc(N)cn1. The quantitative estimate of drug-likeness (QED) is 0.775. The molecule has 0 spiro atoms. The monoisotopic (exact) mass is 268 g/mol. The van der Waals surface area contributed by atoms with E-state index in [1.54, 1.807) is 23.7 Å². The molecule has 0 saturated heterocycles. The van der Waals surface area contributed by atoms with Gasteiger partial charge in [0.1, 0.15) is 10.8 Å². The highest BCUT2D eigenvalue weighted by Gasteiger charge is 2.08. The molecule has 19 heavy (non-hydrogen) atoms. The second-order valence-electron chi connectivity index (χ2n) is 4.19. The van der Waals surface area contributed by atoms with Gasteiger partial charge < -0.3 is 5.73 Å². The summed E-state index contributed by atoms with van der Waals surface area (Å²) in [6.45, 7) is 2.05. The van der Waals surface area contributed by atoms with Gasteiger partial charge in [-0.3, -0.25) is 4.98 Å². The van der Waals surface area contributed by atoms with Crippen LogP contribution in [0.25, 0.3) is 21.8 Å². The molecule has 0 bridgehead atoms. The Hall–Kier alpha value is -2.27. The van der Waals surface area contributed by atoms with E-state index in [2.05, 4.69) is 40.1 Å². The van der Waals surface area contributed by atoms with E-state index in [0.29, 0.717) is 5.82 Å². The Morgan fingerprint density at radius 2 is 2.00 bits per heavy atom. The molecule has 0 aliphatic carbocycles. The number of thiazole rings is 1. The van der Waals surface area contributed by atoms with Crippen LogP contribution in [0.1, 0.15) is 5.56 Å². The average molecular weight is 268 g/mol. The van der Waals surface area contributed by atoms with Crippen molar-refractivity contribution in [3.05, 3.63) is 47.7 Å². The lowest BCUT2D eigenvalue weighted by molar-refractivity contribution is 1.21. The Morgan fingerprint density at radius 3 is 2.68 bits per heavy atom. The first-order valence-corrected chi connectivity index (χ1v) is 6.70. The maximum atomic E-state index is 5.57. The molecular formula is C14H12N4S. The zero-order valence-corrected chi connectivity index (χ0v) is 11.2. The van der Waals surface area contributed by atoms with Gasteiger partial charge in [-0.2, -0.15) is 0 Å². The summed E-state index contributed by atoms with van der Waals surface area (Å²) in [6, 6.07) is 6.24. The molecule has 2 heterocycles. The summed E-state index contributed by atoms with van der Waals surface area (Å²) in [5.41, 5.74) is 9.69. The van der Waals surface area contributed by atoms with E-state index < -0.39 is 0 Å². The lowest BCUT2D eigenvalue weighted by Crippen LogP contribution is -1.94. The highest BCUT2D eigenvalue weighted by molar-refractivity contribution is 7.13. The van der Waals surface area contributed by atoms with Crippen molar-refractivity contribution in [2.75, 3.05) is 5.73 Å². The first kappa shape index (κ1) is 11.8. The van der Waals surface area contributed by atoms with Gasteiger partial charge in [-0.25, -0.2) is 9.97 Å². The van der Waals surface area contributed by atoms with Crippen molar-refractivity contribution < 1.29 is 0 Å². The van der Waals surface area contributed by atoms with Gasteiger partial charge in [-0.05, 0) is 18.6 Å². The summed E-state index contributed by atoms with van der Waals surface area (Å²) >= 11 is 1.62. The molecule has 3 aromatic rings. The largest absolute Gasteiger partial charge is 0.382 e. The predicted molar refractivity (Wildman–Crippen MR) is 77.7 cm³/mol. The van der Waals surface area contributed by atoms with E-state index in [9.17, 15) is 0 Å². The van der Waals surface area contributed by atoms with Crippen molar-refractivity contribution >= 4 is 17.2 Å². The van der Waals surface area contributed by atoms with Gasteiger partial charge >= 0.3 is 0 Å². The van der Waals surface area contributed by atoms with Crippen molar-refractivity contribution in [2.24, 2.45) is 0 Å². The molecule has 2 N–H and O–H groups in total. The molecule has 0 amide bonds. The summed E-state index contributed by atoms with van der Waals surface area (Å²) in [5, 5.41) is 2.97. The maximum Gasteiger partial charge on any atom is 0.141 e. The van der Waals surface area contributed by atoms with E-state index in [1.807, 2.05) is 11.6 Å². The summed E-state index contributed by atoms with van der Waals surface area (Å²) in [7, 11) is 0. The molecule has 0 unspecified atom stereocenters. The molecule has 2 aromatic heterocycles. The first-order chi connectivity index (χ1) is 9.24. The van der Waals surface area contributed by atoms with Crippen molar-refractivity contribution in [1.29, 1.82) is 0 Å². The second-order valence-corrected chi connectivity index (χ2v) is 5.09. The molecule has 5 heteroatoms. The zero-order chi connectivity index (χ0) is 13.2. The number of benzene rings is 1. The molecule has 0 fully saturated rings. The molecular weight excluding hydrogens is 256 g/mol. The molecule has 0 aliphatic heterocycles. The zero-order valence-electron chi connectivity index (χ0n) is 10.4. The van der Waals surface area contributed by atoms with Crippen LogP contribution in [0, 0.1) is 6.92 Å². The van der Waals surface area contributed by atoms with Crippen LogP contribution < -0.4 is 5.73 Å². The van der Waals surface area contributed by atoms with E-state index in [1.165, 1.54) is 0 Å². The van der Waals surface area contributed by atoms with Crippen LogP contribution in [-0.2, 0) is 0 Å². The molecule has 0 radical (unpaired) electrons. The highest BCUT2D eigenvalue weighted by Crippen LogP contribution is 2.29. The van der Waals surface area contributed by atoms with Crippen molar-refractivity contribution in [3.63, 3.8) is 0 Å². The van der Waals surface area contributed by atoms with E-state index in [-0.39, 0.29) is 0 Å². The van der Waals surface area contributed by atoms with Crippen LogP contribution in [0.5, 0.6) is 0 Å². The lowest BCUT2D eigenvalue weighted by atomic mass is 10.0. The smallest absolute Gasteiger partial charge is 0.141 e. The third kappa shape index (κ3) is 2.32. The fraction of sp³-hybridized carbons (Fsp3) is 0.0714. The summed E-state index contributed by atoms with van der Waals surface area (Å²) < 4.78 is 0. The Kier molecular flexibility index (Phi) is 2.97. The Bertz CT molecular complexity index is 690. The van der Waals surface area contributed by atoms with Crippen LogP contribution in [0.3, 0.4) is 0 Å². The minimum Gasteiger partial charge on any atom is -0.382 e. The van der Waals surface area contributed by atoms with Gasteiger partial charge in [0.05, 0.1) is 18.1 Å². The number of aromatic nitrogens is 3. The number of rotatable bonds is 2. The summed E-state index contributed by atoms with van der Waals surface area (Å²) in [5.74, 6) is 0.428. The standard InChI is InChI=1S/C14H12N4S/c1-9-2-3-10(14-16-4-5-19-14)6-11(9)12-7-18-13(15)8-17-12/h2-8H,1H3,(H2,15,18). The van der Waals surface area contributed by atoms with Crippen LogP contribution in [-0.4, -0.2) is 15.0 Å². The number of nitrogens with zero attached hydrogens (tertiary/aromatic N) is 3. The fourth-order valence-electron chi connectivity index (χ4n) is 1.87. The average Bonchev–Trinajstić information content (AvgIpc) is 2.94. The number of nitrogens with two attached hydrogens (primary N) is 1. The van der Waals surface area contributed by atoms with Gasteiger partial charge in [0.25, 0.3) is 0 Å². The molecule has 4 nitrogen and oxygen atoms in total. The molecule has 1 aromatic carbocycles. The Balaban J connectivity index is 2.10. The summed E-state index contributed by atoms with van der Waals surface area (Å²) in [4.78, 5) is 12.7. The molecule has 0 atom stereocenters. The maximum absolute atomic E-state index is 5.57. The first-order valence-electron chi connectivity index (χ1n) is 5.82. The molecule has 3 rings (SSSR count). The third-order valence-corrected chi connectivity index (χ3v) is 3.69. The fourth-order valence-corrected chi connectivity index (χ4v) is 2.51. The number of aryl methyl sites for hydroxylation is 1. The Morgan fingerprint density at radius 1 is 1.11 bits per heavy atom. The molecule has 0 saturated carbocycles.